The summed E-state index contributed by atoms with van der Waals surface area (Å²) in [5.41, 5.74) is -0.650. The molecule has 1 saturated carbocycles. The minimum Gasteiger partial charge on any atom is -0.299 e. The molecule has 1 fully saturated rings. The summed E-state index contributed by atoms with van der Waals surface area (Å²) in [4.78, 5) is 16.9. The van der Waals surface area contributed by atoms with Crippen LogP contribution in [0.2, 0.25) is 0 Å². The van der Waals surface area contributed by atoms with E-state index in [0.29, 0.717) is 36.4 Å². The zero-order valence-corrected chi connectivity index (χ0v) is 14.8. The number of fused-ring (bicyclic) bond motifs is 1. The standard InChI is InChI=1S/C18H15F4NO3S/c19-11-5-4-9(8-10(11)18(20,21)22)15-16-12(2-1-3-14(16)24)23-13-6-7-27(25,26)17(13)15/h4-5,8,15-16H,1-3,6-7H2. The van der Waals surface area contributed by atoms with Gasteiger partial charge in [-0.3, -0.25) is 9.79 Å². The van der Waals surface area contributed by atoms with Crippen molar-refractivity contribution < 1.29 is 30.8 Å². The van der Waals surface area contributed by atoms with Crippen LogP contribution in [0.1, 0.15) is 42.7 Å². The predicted octanol–water partition coefficient (Wildman–Crippen LogP) is 3.78. The maximum Gasteiger partial charge on any atom is 0.419 e. The summed E-state index contributed by atoms with van der Waals surface area (Å²) in [6, 6.07) is 2.44. The first-order valence-corrected chi connectivity index (χ1v) is 10.2. The van der Waals surface area contributed by atoms with E-state index in [1.165, 1.54) is 0 Å². The summed E-state index contributed by atoms with van der Waals surface area (Å²) in [5.74, 6) is -3.84. The van der Waals surface area contributed by atoms with Crippen molar-refractivity contribution in [2.75, 3.05) is 5.75 Å². The van der Waals surface area contributed by atoms with E-state index in [-0.39, 0.29) is 34.8 Å². The second-order valence-corrected chi connectivity index (χ2v) is 9.07. The molecule has 4 rings (SSSR count). The van der Waals surface area contributed by atoms with Crippen molar-refractivity contribution in [2.24, 2.45) is 10.9 Å². The molecule has 9 heteroatoms. The lowest BCUT2D eigenvalue weighted by molar-refractivity contribution is -0.140. The molecule has 0 spiro atoms. The first-order valence-electron chi connectivity index (χ1n) is 8.52. The molecule has 4 nitrogen and oxygen atoms in total. The number of nitrogens with zero attached hydrogens (tertiary/aromatic N) is 1. The Labute approximate surface area is 152 Å². The summed E-state index contributed by atoms with van der Waals surface area (Å²) in [6.07, 6.45) is -3.46. The van der Waals surface area contributed by atoms with Crippen LogP contribution in [0.4, 0.5) is 17.6 Å². The summed E-state index contributed by atoms with van der Waals surface area (Å²) >= 11 is 0. The van der Waals surface area contributed by atoms with Crippen LogP contribution in [0, 0.1) is 11.7 Å². The summed E-state index contributed by atoms with van der Waals surface area (Å²) in [5, 5.41) is 0. The Balaban J connectivity index is 1.94. The maximum atomic E-state index is 13.7. The van der Waals surface area contributed by atoms with Gasteiger partial charge in [-0.1, -0.05) is 6.07 Å². The molecule has 2 heterocycles. The van der Waals surface area contributed by atoms with E-state index in [1.54, 1.807) is 0 Å². The van der Waals surface area contributed by atoms with E-state index < -0.39 is 39.2 Å². The van der Waals surface area contributed by atoms with Crippen molar-refractivity contribution in [2.45, 2.75) is 37.8 Å². The monoisotopic (exact) mass is 401 g/mol. The van der Waals surface area contributed by atoms with Crippen LogP contribution >= 0.6 is 0 Å². The molecule has 0 saturated heterocycles. The minimum atomic E-state index is -4.92. The number of Topliss-reactive ketones (excluding diaryl/α,β-unsaturated/α-hetero) is 1. The van der Waals surface area contributed by atoms with Gasteiger partial charge in [-0.25, -0.2) is 12.8 Å². The number of hydrogen-bond acceptors (Lipinski definition) is 4. The van der Waals surface area contributed by atoms with Gasteiger partial charge in [0.1, 0.15) is 11.6 Å². The minimum absolute atomic E-state index is 0.0191. The Bertz CT molecular complexity index is 1010. The van der Waals surface area contributed by atoms with Gasteiger partial charge in [0.2, 0.25) is 0 Å². The van der Waals surface area contributed by atoms with Crippen LogP contribution in [0.3, 0.4) is 0 Å². The number of hydrogen-bond donors (Lipinski definition) is 0. The molecule has 0 radical (unpaired) electrons. The van der Waals surface area contributed by atoms with Crippen molar-refractivity contribution in [3.8, 4) is 0 Å². The van der Waals surface area contributed by atoms with Crippen LogP contribution in [0.5, 0.6) is 0 Å². The highest BCUT2D eigenvalue weighted by Crippen LogP contribution is 2.49. The molecule has 2 atom stereocenters. The van der Waals surface area contributed by atoms with Crippen LogP contribution in [-0.4, -0.2) is 25.7 Å². The Morgan fingerprint density at radius 1 is 1.07 bits per heavy atom. The quantitative estimate of drug-likeness (QED) is 0.673. The molecule has 0 aromatic heterocycles. The maximum absolute atomic E-state index is 13.7. The molecule has 0 N–H and O–H groups in total. The third-order valence-electron chi connectivity index (χ3n) is 5.34. The van der Waals surface area contributed by atoms with Crippen molar-refractivity contribution >= 4 is 21.3 Å². The fraction of sp³-hybridized carbons (Fsp3) is 0.444. The molecule has 27 heavy (non-hydrogen) atoms. The molecule has 2 aliphatic heterocycles. The van der Waals surface area contributed by atoms with Gasteiger partial charge in [0.25, 0.3) is 0 Å². The van der Waals surface area contributed by atoms with E-state index >= 15 is 0 Å². The van der Waals surface area contributed by atoms with Gasteiger partial charge in [-0.05, 0) is 30.5 Å². The van der Waals surface area contributed by atoms with Gasteiger partial charge in [0.05, 0.1) is 27.8 Å². The lowest BCUT2D eigenvalue weighted by Crippen LogP contribution is -2.38. The lowest BCUT2D eigenvalue weighted by atomic mass is 9.72. The number of halogens is 4. The van der Waals surface area contributed by atoms with Crippen molar-refractivity contribution in [3.63, 3.8) is 0 Å². The molecule has 144 valence electrons. The second kappa shape index (κ2) is 5.98. The highest BCUT2D eigenvalue weighted by molar-refractivity contribution is 7.95. The average molecular weight is 401 g/mol. The number of ketones is 1. The number of allylic oxidation sites excluding steroid dienone is 2. The number of rotatable bonds is 1. The lowest BCUT2D eigenvalue weighted by Gasteiger charge is -2.35. The molecular formula is C18H15F4NO3S. The normalized spacial score (nSPS) is 27.3. The van der Waals surface area contributed by atoms with Crippen LogP contribution in [0.25, 0.3) is 0 Å². The molecule has 3 aliphatic rings. The Kier molecular flexibility index (Phi) is 4.06. The molecule has 1 aliphatic carbocycles. The summed E-state index contributed by atoms with van der Waals surface area (Å²) in [7, 11) is -3.73. The molecular weight excluding hydrogens is 386 g/mol. The van der Waals surface area contributed by atoms with E-state index in [9.17, 15) is 30.8 Å². The zero-order valence-electron chi connectivity index (χ0n) is 14.0. The van der Waals surface area contributed by atoms with E-state index in [0.717, 1.165) is 6.07 Å². The fourth-order valence-electron chi connectivity index (χ4n) is 4.19. The number of carbonyl (C=O) groups excluding carboxylic acids is 1. The fourth-order valence-corrected chi connectivity index (χ4v) is 6.04. The summed E-state index contributed by atoms with van der Waals surface area (Å²) in [6.45, 7) is 0. The van der Waals surface area contributed by atoms with Crippen LogP contribution < -0.4 is 0 Å². The Hall–Kier alpha value is -2.03. The number of aliphatic imine (C=N–C) groups is 1. The van der Waals surface area contributed by atoms with E-state index in [4.69, 9.17) is 0 Å². The highest BCUT2D eigenvalue weighted by atomic mass is 32.2. The van der Waals surface area contributed by atoms with Gasteiger partial charge >= 0.3 is 6.18 Å². The first kappa shape index (κ1) is 18.3. The van der Waals surface area contributed by atoms with Crippen LogP contribution in [0.15, 0.2) is 33.8 Å². The smallest absolute Gasteiger partial charge is 0.299 e. The molecule has 0 amide bonds. The van der Waals surface area contributed by atoms with Gasteiger partial charge in [-0.2, -0.15) is 13.2 Å². The van der Waals surface area contributed by atoms with Gasteiger partial charge < -0.3 is 0 Å². The van der Waals surface area contributed by atoms with Crippen molar-refractivity contribution in [1.29, 1.82) is 0 Å². The molecule has 2 unspecified atom stereocenters. The largest absolute Gasteiger partial charge is 0.419 e. The number of benzene rings is 1. The predicted molar refractivity (Wildman–Crippen MR) is 89.4 cm³/mol. The van der Waals surface area contributed by atoms with Gasteiger partial charge in [0, 0.05) is 24.5 Å². The summed E-state index contributed by atoms with van der Waals surface area (Å²) < 4.78 is 78.4. The van der Waals surface area contributed by atoms with Crippen molar-refractivity contribution in [1.82, 2.24) is 0 Å². The van der Waals surface area contributed by atoms with Gasteiger partial charge in [0.15, 0.2) is 9.84 Å². The molecule has 1 aromatic rings. The topological polar surface area (TPSA) is 63.6 Å². The van der Waals surface area contributed by atoms with E-state index in [1.807, 2.05) is 0 Å². The highest BCUT2D eigenvalue weighted by Gasteiger charge is 2.48. The molecule has 0 bridgehead atoms. The number of sulfone groups is 1. The third-order valence-corrected chi connectivity index (χ3v) is 7.24. The Morgan fingerprint density at radius 3 is 2.52 bits per heavy atom. The first-order chi connectivity index (χ1) is 12.6. The van der Waals surface area contributed by atoms with Crippen molar-refractivity contribution in [3.05, 3.63) is 45.7 Å². The zero-order chi connectivity index (χ0) is 19.6. The van der Waals surface area contributed by atoms with Gasteiger partial charge in [-0.15, -0.1) is 0 Å². The van der Waals surface area contributed by atoms with Crippen LogP contribution in [-0.2, 0) is 20.8 Å². The second-order valence-electron chi connectivity index (χ2n) is 7.00. The Morgan fingerprint density at radius 2 is 1.81 bits per heavy atom. The third kappa shape index (κ3) is 2.92. The SMILES string of the molecule is O=C1CCCC2=NC3=C(C(c4ccc(F)c(C(F)(F)F)c4)C12)S(=O)(=O)CC3. The average Bonchev–Trinajstić information content (AvgIpc) is 2.88. The number of alkyl halides is 3. The van der Waals surface area contributed by atoms with E-state index in [2.05, 4.69) is 4.99 Å². The molecule has 1 aromatic carbocycles. The number of carbonyl (C=O) groups is 1.